The maximum atomic E-state index is 12.6. The van der Waals surface area contributed by atoms with Crippen LogP contribution in [0.2, 0.25) is 0 Å². The number of carbonyl (C=O) groups is 1. The van der Waals surface area contributed by atoms with Crippen molar-refractivity contribution in [3.8, 4) is 0 Å². The number of alkyl halides is 3. The van der Waals surface area contributed by atoms with E-state index in [1.807, 2.05) is 4.90 Å². The van der Waals surface area contributed by atoms with E-state index in [-0.39, 0.29) is 12.5 Å². The molecule has 0 aliphatic carbocycles. The highest BCUT2D eigenvalue weighted by molar-refractivity contribution is 5.71. The molecule has 0 aromatic heterocycles. The summed E-state index contributed by atoms with van der Waals surface area (Å²) in [6.07, 6.45) is -4.34. The molecule has 0 fully saturated rings. The summed E-state index contributed by atoms with van der Waals surface area (Å²) < 4.78 is 42.9. The van der Waals surface area contributed by atoms with Crippen molar-refractivity contribution in [1.29, 1.82) is 0 Å². The molecule has 4 nitrogen and oxygen atoms in total. The Labute approximate surface area is 147 Å². The zero-order valence-electron chi connectivity index (χ0n) is 15.1. The highest BCUT2D eigenvalue weighted by Gasteiger charge is 2.30. The number of esters is 1. The topological polar surface area (TPSA) is 32.8 Å². The first kappa shape index (κ1) is 21.4. The van der Waals surface area contributed by atoms with E-state index < -0.39 is 11.7 Å². The molecule has 1 rings (SSSR count). The van der Waals surface area contributed by atoms with Crippen molar-refractivity contribution in [2.45, 2.75) is 33.5 Å². The molecule has 142 valence electrons. The summed E-state index contributed by atoms with van der Waals surface area (Å²) in [6, 6.07) is 5.06. The van der Waals surface area contributed by atoms with E-state index in [1.54, 1.807) is 6.92 Å². The number of benzene rings is 1. The standard InChI is InChI=1S/C18H27F3N2O2/c1-4-22(5-2)11-12-23(14-17(24)25-6-3)13-15-7-9-16(10-8-15)18(19,20)21/h7-10H,4-6,11-14H2,1-3H3. The normalized spacial score (nSPS) is 12.0. The van der Waals surface area contributed by atoms with Crippen LogP contribution in [0.5, 0.6) is 0 Å². The lowest BCUT2D eigenvalue weighted by Crippen LogP contribution is -2.38. The van der Waals surface area contributed by atoms with Crippen LogP contribution in [0.15, 0.2) is 24.3 Å². The van der Waals surface area contributed by atoms with Crippen molar-refractivity contribution in [3.63, 3.8) is 0 Å². The minimum Gasteiger partial charge on any atom is -0.465 e. The Bertz CT molecular complexity index is 514. The number of nitrogens with zero attached hydrogens (tertiary/aromatic N) is 2. The van der Waals surface area contributed by atoms with Gasteiger partial charge in [0.2, 0.25) is 0 Å². The zero-order valence-corrected chi connectivity index (χ0v) is 15.1. The van der Waals surface area contributed by atoms with Gasteiger partial charge < -0.3 is 9.64 Å². The number of hydrogen-bond donors (Lipinski definition) is 0. The summed E-state index contributed by atoms with van der Waals surface area (Å²) in [5.74, 6) is -0.325. The third-order valence-corrected chi connectivity index (χ3v) is 3.97. The molecule has 1 aromatic carbocycles. The smallest absolute Gasteiger partial charge is 0.416 e. The predicted octanol–water partition coefficient (Wildman–Crippen LogP) is 3.41. The first-order valence-electron chi connectivity index (χ1n) is 8.56. The third-order valence-electron chi connectivity index (χ3n) is 3.97. The maximum Gasteiger partial charge on any atom is 0.416 e. The SMILES string of the molecule is CCOC(=O)CN(CCN(CC)CC)Cc1ccc(C(F)(F)F)cc1. The van der Waals surface area contributed by atoms with Gasteiger partial charge in [0.15, 0.2) is 0 Å². The van der Waals surface area contributed by atoms with Crippen LogP contribution in [-0.4, -0.2) is 55.1 Å². The molecular weight excluding hydrogens is 333 g/mol. The van der Waals surface area contributed by atoms with Gasteiger partial charge in [0, 0.05) is 19.6 Å². The lowest BCUT2D eigenvalue weighted by molar-refractivity contribution is -0.144. The number of rotatable bonds is 10. The van der Waals surface area contributed by atoms with Crippen LogP contribution in [0.4, 0.5) is 13.2 Å². The van der Waals surface area contributed by atoms with Gasteiger partial charge in [0.1, 0.15) is 0 Å². The van der Waals surface area contributed by atoms with Crippen LogP contribution in [0.25, 0.3) is 0 Å². The highest BCUT2D eigenvalue weighted by atomic mass is 19.4. The predicted molar refractivity (Wildman–Crippen MR) is 91.1 cm³/mol. The summed E-state index contributed by atoms with van der Waals surface area (Å²) in [5, 5.41) is 0. The van der Waals surface area contributed by atoms with Gasteiger partial charge >= 0.3 is 12.1 Å². The summed E-state index contributed by atoms with van der Waals surface area (Å²) in [4.78, 5) is 15.9. The number of likely N-dealkylation sites (N-methyl/N-ethyl adjacent to an activating group) is 1. The molecule has 0 N–H and O–H groups in total. The van der Waals surface area contributed by atoms with Gasteiger partial charge in [-0.15, -0.1) is 0 Å². The second-order valence-electron chi connectivity index (χ2n) is 5.74. The van der Waals surface area contributed by atoms with Gasteiger partial charge in [-0.05, 0) is 37.7 Å². The summed E-state index contributed by atoms with van der Waals surface area (Å²) in [6.45, 7) is 9.94. The summed E-state index contributed by atoms with van der Waals surface area (Å²) in [5.41, 5.74) is 0.0631. The van der Waals surface area contributed by atoms with E-state index in [9.17, 15) is 18.0 Å². The fraction of sp³-hybridized carbons (Fsp3) is 0.611. The Morgan fingerprint density at radius 3 is 2.04 bits per heavy atom. The van der Waals surface area contributed by atoms with E-state index in [1.165, 1.54) is 12.1 Å². The lowest BCUT2D eigenvalue weighted by Gasteiger charge is -2.25. The molecule has 0 spiro atoms. The van der Waals surface area contributed by atoms with Crippen molar-refractivity contribution >= 4 is 5.97 Å². The lowest BCUT2D eigenvalue weighted by atomic mass is 10.1. The number of carbonyl (C=O) groups excluding carboxylic acids is 1. The minimum absolute atomic E-state index is 0.121. The summed E-state index contributed by atoms with van der Waals surface area (Å²) >= 11 is 0. The van der Waals surface area contributed by atoms with Crippen LogP contribution in [0, 0.1) is 0 Å². The van der Waals surface area contributed by atoms with Crippen molar-refractivity contribution in [2.75, 3.05) is 39.3 Å². The van der Waals surface area contributed by atoms with Gasteiger partial charge in [-0.1, -0.05) is 26.0 Å². The molecule has 0 aliphatic heterocycles. The maximum absolute atomic E-state index is 12.6. The number of halogens is 3. The number of hydrogen-bond acceptors (Lipinski definition) is 4. The largest absolute Gasteiger partial charge is 0.465 e. The van der Waals surface area contributed by atoms with Gasteiger partial charge in [-0.3, -0.25) is 9.69 Å². The monoisotopic (exact) mass is 360 g/mol. The van der Waals surface area contributed by atoms with E-state index in [0.717, 1.165) is 37.3 Å². The molecule has 0 saturated heterocycles. The Hall–Kier alpha value is -1.60. The Morgan fingerprint density at radius 1 is 1.00 bits per heavy atom. The minimum atomic E-state index is -4.34. The quantitative estimate of drug-likeness (QED) is 0.599. The molecule has 0 saturated carbocycles. The molecular formula is C18H27F3N2O2. The molecule has 25 heavy (non-hydrogen) atoms. The van der Waals surface area contributed by atoms with Crippen LogP contribution >= 0.6 is 0 Å². The fourth-order valence-electron chi connectivity index (χ4n) is 2.48. The number of ether oxygens (including phenoxy) is 1. The first-order chi connectivity index (χ1) is 11.8. The fourth-order valence-corrected chi connectivity index (χ4v) is 2.48. The molecule has 0 aliphatic rings. The highest BCUT2D eigenvalue weighted by Crippen LogP contribution is 2.29. The van der Waals surface area contributed by atoms with E-state index in [0.29, 0.717) is 19.7 Å². The van der Waals surface area contributed by atoms with Crippen LogP contribution in [0.1, 0.15) is 31.9 Å². The molecule has 7 heteroatoms. The molecule has 0 heterocycles. The molecule has 1 aromatic rings. The van der Waals surface area contributed by atoms with Crippen LogP contribution < -0.4 is 0 Å². The summed E-state index contributed by atoms with van der Waals surface area (Å²) in [7, 11) is 0. The Morgan fingerprint density at radius 2 is 1.56 bits per heavy atom. The average Bonchev–Trinajstić information content (AvgIpc) is 2.55. The van der Waals surface area contributed by atoms with Gasteiger partial charge in [0.05, 0.1) is 18.7 Å². The van der Waals surface area contributed by atoms with Crippen molar-refractivity contribution in [1.82, 2.24) is 9.80 Å². The molecule has 0 atom stereocenters. The van der Waals surface area contributed by atoms with Crippen LogP contribution in [0.3, 0.4) is 0 Å². The average molecular weight is 360 g/mol. The van der Waals surface area contributed by atoms with Gasteiger partial charge in [-0.25, -0.2) is 0 Å². The Kier molecular flexibility index (Phi) is 8.92. The molecule has 0 amide bonds. The zero-order chi connectivity index (χ0) is 18.9. The van der Waals surface area contributed by atoms with Crippen molar-refractivity contribution < 1.29 is 22.7 Å². The van der Waals surface area contributed by atoms with Gasteiger partial charge in [-0.2, -0.15) is 13.2 Å². The van der Waals surface area contributed by atoms with E-state index in [4.69, 9.17) is 4.74 Å². The van der Waals surface area contributed by atoms with Crippen molar-refractivity contribution in [2.24, 2.45) is 0 Å². The Balaban J connectivity index is 2.75. The van der Waals surface area contributed by atoms with Crippen LogP contribution in [-0.2, 0) is 22.3 Å². The second kappa shape index (κ2) is 10.4. The van der Waals surface area contributed by atoms with Gasteiger partial charge in [0.25, 0.3) is 0 Å². The second-order valence-corrected chi connectivity index (χ2v) is 5.74. The molecule has 0 unspecified atom stereocenters. The van der Waals surface area contributed by atoms with E-state index in [2.05, 4.69) is 18.7 Å². The molecule has 0 radical (unpaired) electrons. The first-order valence-corrected chi connectivity index (χ1v) is 8.56. The third kappa shape index (κ3) is 7.88. The van der Waals surface area contributed by atoms with Crippen molar-refractivity contribution in [3.05, 3.63) is 35.4 Å². The van der Waals surface area contributed by atoms with E-state index >= 15 is 0 Å². The molecule has 0 bridgehead atoms.